The molecule has 5 aromatic heterocycles. The van der Waals surface area contributed by atoms with Crippen LogP contribution in [0.3, 0.4) is 0 Å². The predicted molar refractivity (Wildman–Crippen MR) is 244 cm³/mol. The van der Waals surface area contributed by atoms with Gasteiger partial charge < -0.3 is 29.9 Å². The van der Waals surface area contributed by atoms with Gasteiger partial charge in [-0.2, -0.15) is 0 Å². The lowest BCUT2D eigenvalue weighted by atomic mass is 9.91. The molecule has 7 aromatic rings. The highest BCUT2D eigenvalue weighted by Gasteiger charge is 2.43. The Labute approximate surface area is 373 Å². The van der Waals surface area contributed by atoms with E-state index in [1.54, 1.807) is 40.9 Å². The number of phenolic OH excluding ortho intramolecular Hbond substituents is 1. The Morgan fingerprint density at radius 2 is 1.67 bits per heavy atom. The number of nitrogens with zero attached hydrogens (tertiary/aromatic N) is 8. The molecular weight excluding hydrogens is 835 g/mol. The average molecular weight is 884 g/mol. The summed E-state index contributed by atoms with van der Waals surface area (Å²) in [5, 5.41) is 47.6. The molecule has 2 fully saturated rings. The fourth-order valence-corrected chi connectivity index (χ4v) is 11.0. The van der Waals surface area contributed by atoms with E-state index in [0.717, 1.165) is 63.7 Å². The number of thiophene rings is 1. The molecule has 9 rings (SSSR count). The molecule has 63 heavy (non-hydrogen) atoms. The van der Waals surface area contributed by atoms with Crippen LogP contribution >= 0.6 is 22.7 Å². The molecule has 324 valence electrons. The van der Waals surface area contributed by atoms with Crippen molar-refractivity contribution in [1.29, 1.82) is 0 Å². The second-order valence-corrected chi connectivity index (χ2v) is 18.8. The van der Waals surface area contributed by atoms with Crippen molar-refractivity contribution in [2.24, 2.45) is 5.92 Å². The zero-order chi connectivity index (χ0) is 43.9. The summed E-state index contributed by atoms with van der Waals surface area (Å²) in [7, 11) is 0. The third-order valence-electron chi connectivity index (χ3n) is 12.4. The van der Waals surface area contributed by atoms with Gasteiger partial charge in [0, 0.05) is 47.9 Å². The molecule has 7 heterocycles. The number of hydrogen-bond donors (Lipinski definition) is 3. The van der Waals surface area contributed by atoms with Crippen LogP contribution in [0.4, 0.5) is 5.82 Å². The van der Waals surface area contributed by atoms with Crippen LogP contribution in [-0.2, 0) is 9.59 Å². The minimum absolute atomic E-state index is 0.0443. The fraction of sp³-hybridized carbons (Fsp3) is 0.362. The molecule has 0 aliphatic carbocycles. The van der Waals surface area contributed by atoms with Gasteiger partial charge in [0.2, 0.25) is 11.8 Å². The molecule has 2 aliphatic heterocycles. The number of thiazole rings is 1. The number of benzene rings is 2. The van der Waals surface area contributed by atoms with Crippen molar-refractivity contribution in [2.45, 2.75) is 83.9 Å². The van der Waals surface area contributed by atoms with Gasteiger partial charge in [0.25, 0.3) is 0 Å². The Bertz CT molecular complexity index is 2760. The van der Waals surface area contributed by atoms with Gasteiger partial charge in [0.1, 0.15) is 39.7 Å². The van der Waals surface area contributed by atoms with Gasteiger partial charge in [-0.3, -0.25) is 9.59 Å². The zero-order valence-corrected chi connectivity index (χ0v) is 37.4. The van der Waals surface area contributed by atoms with Crippen LogP contribution in [-0.4, -0.2) is 89.2 Å². The van der Waals surface area contributed by atoms with E-state index in [1.807, 2.05) is 87.8 Å². The molecule has 0 radical (unpaired) electrons. The molecule has 2 saturated heterocycles. The number of carbonyl (C=O) groups is 2. The first-order valence-corrected chi connectivity index (χ1v) is 23.0. The van der Waals surface area contributed by atoms with Gasteiger partial charge in [-0.05, 0) is 92.5 Å². The van der Waals surface area contributed by atoms with Crippen molar-refractivity contribution in [3.05, 3.63) is 106 Å². The Morgan fingerprint density at radius 1 is 0.905 bits per heavy atom. The van der Waals surface area contributed by atoms with Crippen LogP contribution in [0.5, 0.6) is 5.75 Å². The number of phenols is 1. The highest BCUT2D eigenvalue weighted by molar-refractivity contribution is 7.19. The van der Waals surface area contributed by atoms with Crippen molar-refractivity contribution in [1.82, 2.24) is 40.8 Å². The molecule has 16 heteroatoms. The van der Waals surface area contributed by atoms with Crippen LogP contribution in [0.15, 0.2) is 82.8 Å². The minimum Gasteiger partial charge on any atom is -0.507 e. The Kier molecular flexibility index (Phi) is 11.8. The van der Waals surface area contributed by atoms with E-state index < -0.39 is 18.1 Å². The number of aromatic hydroxyl groups is 1. The molecule has 0 spiro atoms. The number of aryl methyl sites for hydroxylation is 2. The number of hydrogen-bond acceptors (Lipinski definition) is 14. The van der Waals surface area contributed by atoms with E-state index in [4.69, 9.17) is 4.52 Å². The maximum absolute atomic E-state index is 14.3. The number of anilines is 1. The van der Waals surface area contributed by atoms with Crippen LogP contribution in [0.2, 0.25) is 0 Å². The van der Waals surface area contributed by atoms with E-state index >= 15 is 0 Å². The van der Waals surface area contributed by atoms with Crippen LogP contribution in [0.1, 0.15) is 85.4 Å². The quantitative estimate of drug-likeness (QED) is 0.113. The number of carbonyl (C=O) groups excluding carboxylic acids is 2. The second-order valence-electron chi connectivity index (χ2n) is 16.9. The fourth-order valence-electron chi connectivity index (χ4n) is 8.92. The molecule has 2 aliphatic rings. The van der Waals surface area contributed by atoms with Gasteiger partial charge in [-0.15, -0.1) is 43.1 Å². The van der Waals surface area contributed by atoms with Crippen LogP contribution < -0.4 is 10.2 Å². The largest absolute Gasteiger partial charge is 0.507 e. The third kappa shape index (κ3) is 8.42. The number of aliphatic hydroxyl groups is 1. The summed E-state index contributed by atoms with van der Waals surface area (Å²) in [4.78, 5) is 39.5. The summed E-state index contributed by atoms with van der Waals surface area (Å²) in [5.74, 6) is 0.146. The van der Waals surface area contributed by atoms with Gasteiger partial charge >= 0.3 is 0 Å². The van der Waals surface area contributed by atoms with Crippen LogP contribution in [0, 0.1) is 19.8 Å². The van der Waals surface area contributed by atoms with Crippen molar-refractivity contribution >= 4 is 50.5 Å². The van der Waals surface area contributed by atoms with Gasteiger partial charge in [-0.1, -0.05) is 55.4 Å². The van der Waals surface area contributed by atoms with E-state index in [9.17, 15) is 19.8 Å². The van der Waals surface area contributed by atoms with Gasteiger partial charge in [0.05, 0.1) is 33.9 Å². The number of piperidine rings is 1. The maximum atomic E-state index is 14.3. The average Bonchev–Trinajstić information content (AvgIpc) is 4.11. The number of likely N-dealkylation sites (tertiary alicyclic amines) is 1. The van der Waals surface area contributed by atoms with E-state index in [1.165, 1.54) is 15.3 Å². The highest BCUT2D eigenvalue weighted by atomic mass is 32.1. The lowest BCUT2D eigenvalue weighted by Crippen LogP contribution is -2.48. The Hall–Kier alpha value is -6.10. The van der Waals surface area contributed by atoms with Crippen molar-refractivity contribution < 1.29 is 24.3 Å². The normalized spacial score (nSPS) is 18.0. The molecule has 3 N–H and O–H groups in total. The van der Waals surface area contributed by atoms with E-state index in [2.05, 4.69) is 47.7 Å². The molecular formula is C47H49N9O5S2. The zero-order valence-electron chi connectivity index (χ0n) is 35.7. The van der Waals surface area contributed by atoms with E-state index in [-0.39, 0.29) is 42.5 Å². The monoisotopic (exact) mass is 883 g/mol. The first-order chi connectivity index (χ1) is 30.4. The van der Waals surface area contributed by atoms with Crippen LogP contribution in [0.25, 0.3) is 43.3 Å². The topological polar surface area (TPSA) is 184 Å². The molecule has 2 aromatic carbocycles. The standard InChI is InChI=1S/C47H49N9O5S2/c1-25(2)42(47(60)56-23-32(57)20-38(56)45(59)49-27(4)29-10-12-30(13-11-29)44-28(5)48-24-62-44)40-22-37(54-61-40)35-14-15-41(52-50-35)55-18-16-31(17-19-55)43-26(3)34-21-36(51-53-46(34)63-43)33-8-6-7-9-39(33)58/h6-15,21-22,24-25,27,31-32,38,42,57-58H,16-20,23H2,1-5H3,(H,49,59)/t27-,32+,38-,42?/m0/s1. The lowest BCUT2D eigenvalue weighted by molar-refractivity contribution is -0.141. The SMILES string of the molecule is Cc1ncsc1-c1ccc([C@H](C)NC(=O)[C@@H]2C[C@@H](O)CN2C(=O)C(c2cc(-c3ccc(N4CCC(c5sc6nnc(-c7ccccc7O)cc6c5C)CC4)nn3)no2)C(C)C)cc1. The number of nitrogens with one attached hydrogen (secondary N) is 1. The number of fused-ring (bicyclic) bond motifs is 1. The third-order valence-corrected chi connectivity index (χ3v) is 14.8. The van der Waals surface area contributed by atoms with Crippen molar-refractivity contribution in [2.75, 3.05) is 24.5 Å². The van der Waals surface area contributed by atoms with Gasteiger partial charge in [0.15, 0.2) is 5.82 Å². The maximum Gasteiger partial charge on any atom is 0.243 e. The Morgan fingerprint density at radius 3 is 2.37 bits per heavy atom. The lowest BCUT2D eigenvalue weighted by Gasteiger charge is -2.32. The molecule has 0 bridgehead atoms. The molecule has 4 atom stereocenters. The molecule has 14 nitrogen and oxygen atoms in total. The summed E-state index contributed by atoms with van der Waals surface area (Å²) in [5.41, 5.74) is 8.31. The van der Waals surface area contributed by atoms with Crippen molar-refractivity contribution in [3.8, 4) is 38.8 Å². The smallest absolute Gasteiger partial charge is 0.243 e. The number of para-hydroxylation sites is 1. The molecule has 1 unspecified atom stereocenters. The number of aromatic nitrogens is 6. The number of β-amino-alcohol motifs (C(OH)–C–C–N with tert-alkyl or cyclic N) is 1. The minimum atomic E-state index is -0.839. The summed E-state index contributed by atoms with van der Waals surface area (Å²) in [6.45, 7) is 11.6. The first-order valence-electron chi connectivity index (χ1n) is 21.3. The Balaban J connectivity index is 0.832. The van der Waals surface area contributed by atoms with Gasteiger partial charge in [-0.25, -0.2) is 4.98 Å². The van der Waals surface area contributed by atoms with E-state index in [0.29, 0.717) is 34.3 Å². The summed E-state index contributed by atoms with van der Waals surface area (Å²) < 4.78 is 5.82. The number of rotatable bonds is 11. The second kappa shape index (κ2) is 17.6. The number of aliphatic hydroxyl groups excluding tert-OH is 1. The molecule has 2 amide bonds. The summed E-state index contributed by atoms with van der Waals surface area (Å²) >= 11 is 3.29. The van der Waals surface area contributed by atoms with Crippen molar-refractivity contribution in [3.63, 3.8) is 0 Å². The highest BCUT2D eigenvalue weighted by Crippen LogP contribution is 2.41. The predicted octanol–water partition coefficient (Wildman–Crippen LogP) is 8.21. The number of amides is 2. The summed E-state index contributed by atoms with van der Waals surface area (Å²) in [6.07, 6.45) is 1.21. The first kappa shape index (κ1) is 42.2. The summed E-state index contributed by atoms with van der Waals surface area (Å²) in [6, 6.07) is 21.6. The molecule has 0 saturated carbocycles.